The van der Waals surface area contributed by atoms with Crippen molar-refractivity contribution in [3.63, 3.8) is 0 Å². The van der Waals surface area contributed by atoms with Crippen LogP contribution in [0.5, 0.6) is 0 Å². The minimum Gasteiger partial charge on any atom is -0.480 e. The maximum Gasteiger partial charge on any atom is 0.326 e. The number of carbonyl (C=O) groups excluding carboxylic acids is 1. The Hall–Kier alpha value is -2.06. The van der Waals surface area contributed by atoms with E-state index in [0.29, 0.717) is 10.6 Å². The fourth-order valence-electron chi connectivity index (χ4n) is 1.54. The molecule has 6 heteroatoms. The number of carboxylic acid groups (broad SMARTS) is 1. The number of nitrogens with zero attached hydrogens (tertiary/aromatic N) is 1. The van der Waals surface area contributed by atoms with Gasteiger partial charge in [-0.05, 0) is 24.3 Å². The summed E-state index contributed by atoms with van der Waals surface area (Å²) >= 11 is 5.70. The number of carboxylic acids is 1. The summed E-state index contributed by atoms with van der Waals surface area (Å²) in [6.07, 6.45) is 0.0534. The minimum absolute atomic E-state index is 0.0534. The lowest BCUT2D eigenvalue weighted by molar-refractivity contribution is -0.140. The molecule has 0 heterocycles. The van der Waals surface area contributed by atoms with Crippen molar-refractivity contribution in [2.75, 3.05) is 0 Å². The fraction of sp³-hybridized carbons (Fsp3) is 0.308. The molecule has 0 bridgehead atoms. The Kier molecular flexibility index (Phi) is 5.34. The lowest BCUT2D eigenvalue weighted by atomic mass is 9.98. The summed E-state index contributed by atoms with van der Waals surface area (Å²) in [5, 5.41) is 20.5. The summed E-state index contributed by atoms with van der Waals surface area (Å²) in [6.45, 7) is 1.60. The highest BCUT2D eigenvalue weighted by Gasteiger charge is 2.26. The number of carbonyl (C=O) groups is 2. The van der Waals surface area contributed by atoms with Gasteiger partial charge in [-0.15, -0.1) is 0 Å². The second-order valence-corrected chi connectivity index (χ2v) is 4.57. The molecule has 0 spiro atoms. The Labute approximate surface area is 115 Å². The van der Waals surface area contributed by atoms with Gasteiger partial charge in [-0.1, -0.05) is 18.5 Å². The van der Waals surface area contributed by atoms with Crippen LogP contribution in [0.1, 0.15) is 23.7 Å². The van der Waals surface area contributed by atoms with Crippen LogP contribution < -0.4 is 5.32 Å². The Balaban J connectivity index is 2.80. The zero-order valence-electron chi connectivity index (χ0n) is 10.3. The van der Waals surface area contributed by atoms with Gasteiger partial charge in [-0.25, -0.2) is 4.79 Å². The molecule has 1 rings (SSSR count). The molecular weight excluding hydrogens is 268 g/mol. The van der Waals surface area contributed by atoms with Crippen molar-refractivity contribution in [3.8, 4) is 6.07 Å². The molecule has 0 fully saturated rings. The lowest BCUT2D eigenvalue weighted by Crippen LogP contribution is -2.45. The predicted octanol–water partition coefficient (Wildman–Crippen LogP) is 2.07. The molecule has 2 N–H and O–H groups in total. The maximum absolute atomic E-state index is 11.9. The van der Waals surface area contributed by atoms with Gasteiger partial charge in [0.15, 0.2) is 0 Å². The highest BCUT2D eigenvalue weighted by molar-refractivity contribution is 6.30. The van der Waals surface area contributed by atoms with Crippen LogP contribution in [0.25, 0.3) is 0 Å². The van der Waals surface area contributed by atoms with E-state index in [-0.39, 0.29) is 6.42 Å². The molecular formula is C13H13ClN2O3. The minimum atomic E-state index is -1.16. The van der Waals surface area contributed by atoms with Crippen LogP contribution >= 0.6 is 11.6 Å². The highest BCUT2D eigenvalue weighted by Crippen LogP contribution is 2.12. The van der Waals surface area contributed by atoms with E-state index in [0.717, 1.165) is 0 Å². The summed E-state index contributed by atoms with van der Waals surface area (Å²) in [7, 11) is 0. The van der Waals surface area contributed by atoms with Gasteiger partial charge in [0, 0.05) is 22.9 Å². The molecule has 0 aliphatic carbocycles. The number of amides is 1. The summed E-state index contributed by atoms with van der Waals surface area (Å²) in [4.78, 5) is 23.0. The number of nitriles is 1. The topological polar surface area (TPSA) is 90.2 Å². The number of halogens is 1. The van der Waals surface area contributed by atoms with Crippen LogP contribution in [0.15, 0.2) is 24.3 Å². The molecule has 0 unspecified atom stereocenters. The summed E-state index contributed by atoms with van der Waals surface area (Å²) in [6, 6.07) is 6.90. The molecule has 0 aromatic heterocycles. The van der Waals surface area contributed by atoms with Gasteiger partial charge in [-0.2, -0.15) is 5.26 Å². The van der Waals surface area contributed by atoms with Crippen molar-refractivity contribution in [2.45, 2.75) is 19.4 Å². The Bertz CT molecular complexity index is 508. The molecule has 0 aliphatic rings. The third kappa shape index (κ3) is 4.27. The first-order valence-corrected chi connectivity index (χ1v) is 5.99. The van der Waals surface area contributed by atoms with E-state index < -0.39 is 23.8 Å². The molecule has 1 aromatic carbocycles. The Morgan fingerprint density at radius 2 is 2.00 bits per heavy atom. The van der Waals surface area contributed by atoms with E-state index in [4.69, 9.17) is 22.0 Å². The van der Waals surface area contributed by atoms with Crippen LogP contribution in [-0.4, -0.2) is 23.0 Å². The van der Waals surface area contributed by atoms with Gasteiger partial charge < -0.3 is 10.4 Å². The average Bonchev–Trinajstić information content (AvgIpc) is 2.36. The quantitative estimate of drug-likeness (QED) is 0.864. The van der Waals surface area contributed by atoms with Gasteiger partial charge in [0.2, 0.25) is 0 Å². The third-order valence-corrected chi connectivity index (χ3v) is 2.89. The number of nitrogens with one attached hydrogen (secondary N) is 1. The van der Waals surface area contributed by atoms with Crippen molar-refractivity contribution >= 4 is 23.5 Å². The van der Waals surface area contributed by atoms with E-state index in [1.54, 1.807) is 19.1 Å². The van der Waals surface area contributed by atoms with Gasteiger partial charge in [-0.3, -0.25) is 4.79 Å². The fourth-order valence-corrected chi connectivity index (χ4v) is 1.66. The van der Waals surface area contributed by atoms with E-state index in [9.17, 15) is 9.59 Å². The first-order chi connectivity index (χ1) is 8.95. The monoisotopic (exact) mass is 280 g/mol. The first kappa shape index (κ1) is 15.0. The smallest absolute Gasteiger partial charge is 0.326 e. The van der Waals surface area contributed by atoms with Gasteiger partial charge in [0.1, 0.15) is 6.04 Å². The van der Waals surface area contributed by atoms with Crippen LogP contribution in [0.4, 0.5) is 0 Å². The molecule has 19 heavy (non-hydrogen) atoms. The van der Waals surface area contributed by atoms with E-state index >= 15 is 0 Å². The molecule has 0 saturated heterocycles. The number of rotatable bonds is 5. The number of hydrogen-bond donors (Lipinski definition) is 2. The van der Waals surface area contributed by atoms with Crippen molar-refractivity contribution in [3.05, 3.63) is 34.9 Å². The second-order valence-electron chi connectivity index (χ2n) is 4.14. The lowest BCUT2D eigenvalue weighted by Gasteiger charge is -2.19. The van der Waals surface area contributed by atoms with Gasteiger partial charge in [0.25, 0.3) is 5.91 Å². The summed E-state index contributed by atoms with van der Waals surface area (Å²) < 4.78 is 0. The molecule has 100 valence electrons. The van der Waals surface area contributed by atoms with Crippen LogP contribution in [0.2, 0.25) is 5.02 Å². The van der Waals surface area contributed by atoms with Crippen LogP contribution in [0.3, 0.4) is 0 Å². The number of hydrogen-bond acceptors (Lipinski definition) is 3. The third-order valence-electron chi connectivity index (χ3n) is 2.64. The molecule has 1 amide bonds. The zero-order chi connectivity index (χ0) is 14.4. The normalized spacial score (nSPS) is 13.1. The average molecular weight is 281 g/mol. The molecule has 5 nitrogen and oxygen atoms in total. The van der Waals surface area contributed by atoms with E-state index in [1.165, 1.54) is 12.1 Å². The Morgan fingerprint density at radius 3 is 2.47 bits per heavy atom. The van der Waals surface area contributed by atoms with Crippen molar-refractivity contribution < 1.29 is 14.7 Å². The van der Waals surface area contributed by atoms with Crippen molar-refractivity contribution in [1.29, 1.82) is 5.26 Å². The van der Waals surface area contributed by atoms with E-state index in [2.05, 4.69) is 5.32 Å². The molecule has 1 aromatic rings. The van der Waals surface area contributed by atoms with Crippen molar-refractivity contribution in [2.24, 2.45) is 5.92 Å². The largest absolute Gasteiger partial charge is 0.480 e. The maximum atomic E-state index is 11.9. The molecule has 2 atom stereocenters. The van der Waals surface area contributed by atoms with Crippen LogP contribution in [0, 0.1) is 17.2 Å². The van der Waals surface area contributed by atoms with Crippen LogP contribution in [-0.2, 0) is 4.79 Å². The molecule has 0 aliphatic heterocycles. The van der Waals surface area contributed by atoms with E-state index in [1.807, 2.05) is 6.07 Å². The standard InChI is InChI=1S/C13H13ClN2O3/c1-8(6-7-15)11(13(18)19)16-12(17)9-2-4-10(14)5-3-9/h2-5,8,11H,6H2,1H3,(H,16,17)(H,18,19)/t8-,11+/m1/s1. The molecule has 0 saturated carbocycles. The van der Waals surface area contributed by atoms with Gasteiger partial charge in [0.05, 0.1) is 6.07 Å². The number of aliphatic carboxylic acids is 1. The predicted molar refractivity (Wildman–Crippen MR) is 69.7 cm³/mol. The second kappa shape index (κ2) is 6.76. The van der Waals surface area contributed by atoms with Gasteiger partial charge >= 0.3 is 5.97 Å². The molecule has 0 radical (unpaired) electrons. The summed E-state index contributed by atoms with van der Waals surface area (Å²) in [5.74, 6) is -2.14. The SMILES string of the molecule is C[C@H](CC#N)[C@H](NC(=O)c1ccc(Cl)cc1)C(=O)O. The van der Waals surface area contributed by atoms with Crippen molar-refractivity contribution in [1.82, 2.24) is 5.32 Å². The summed E-state index contributed by atoms with van der Waals surface area (Å²) in [5.41, 5.74) is 0.319. The number of benzene rings is 1. The highest BCUT2D eigenvalue weighted by atomic mass is 35.5. The Morgan fingerprint density at radius 1 is 1.42 bits per heavy atom. The zero-order valence-corrected chi connectivity index (χ0v) is 11.0. The first-order valence-electron chi connectivity index (χ1n) is 5.62.